The molecule has 1 N–H and O–H groups in total. The van der Waals surface area contributed by atoms with Gasteiger partial charge in [0.2, 0.25) is 10.0 Å². The number of benzene rings is 1. The van der Waals surface area contributed by atoms with E-state index in [0.717, 1.165) is 49.2 Å². The fourth-order valence-corrected chi connectivity index (χ4v) is 6.49. The van der Waals surface area contributed by atoms with Crippen molar-refractivity contribution >= 4 is 44.5 Å². The molecule has 10 heteroatoms. The van der Waals surface area contributed by atoms with E-state index in [1.54, 1.807) is 18.2 Å². The number of nitrogens with zero attached hydrogens (tertiary/aromatic N) is 3. The second-order valence-electron chi connectivity index (χ2n) is 6.65. The monoisotopic (exact) mass is 414 g/mol. The molecule has 0 unspecified atom stereocenters. The Bertz CT molecular complexity index is 859. The molecule has 4 rings (SSSR count). The number of nitrogens with one attached hydrogen (secondary N) is 1. The number of rotatable bonds is 5. The van der Waals surface area contributed by atoms with Crippen molar-refractivity contribution in [1.29, 1.82) is 0 Å². The molecule has 0 radical (unpaired) electrons. The normalized spacial score (nSPS) is 21.8. The molecule has 1 aromatic heterocycles. The molecule has 1 aromatic carbocycles. The Hall–Kier alpha value is -0.780. The Morgan fingerprint density at radius 2 is 1.96 bits per heavy atom. The maximum Gasteiger partial charge on any atom is 0.242 e. The summed E-state index contributed by atoms with van der Waals surface area (Å²) in [6.45, 7) is 3.75. The number of thioether (sulfide) groups is 1. The molecule has 0 atom stereocenters. The summed E-state index contributed by atoms with van der Waals surface area (Å²) in [5.41, 5.74) is 0.896. The molecule has 3 heterocycles. The molecule has 142 valence electrons. The van der Waals surface area contributed by atoms with E-state index in [4.69, 9.17) is 4.74 Å². The molecule has 0 bridgehead atoms. The van der Waals surface area contributed by atoms with Gasteiger partial charge in [-0.15, -0.1) is 0 Å². The van der Waals surface area contributed by atoms with E-state index in [1.165, 1.54) is 0 Å². The van der Waals surface area contributed by atoms with Crippen molar-refractivity contribution in [2.24, 2.45) is 0 Å². The lowest BCUT2D eigenvalue weighted by atomic mass is 9.88. The van der Waals surface area contributed by atoms with E-state index in [0.29, 0.717) is 30.8 Å². The first-order valence-electron chi connectivity index (χ1n) is 8.72. The largest absolute Gasteiger partial charge is 0.381 e. The summed E-state index contributed by atoms with van der Waals surface area (Å²) in [5, 5.41) is 0. The van der Waals surface area contributed by atoms with E-state index in [-0.39, 0.29) is 10.4 Å². The minimum Gasteiger partial charge on any atom is -0.381 e. The topological polar surface area (TPSA) is 84.4 Å². The number of aromatic nitrogens is 2. The Morgan fingerprint density at radius 1 is 1.19 bits per heavy atom. The van der Waals surface area contributed by atoms with Crippen LogP contribution in [-0.2, 0) is 14.8 Å². The molecule has 2 aliphatic rings. The maximum atomic E-state index is 13.0. The predicted octanol–water partition coefficient (Wildman–Crippen LogP) is 1.57. The van der Waals surface area contributed by atoms with Crippen molar-refractivity contribution in [2.75, 3.05) is 44.4 Å². The lowest BCUT2D eigenvalue weighted by Gasteiger charge is -2.47. The molecule has 0 aliphatic carbocycles. The van der Waals surface area contributed by atoms with Crippen LogP contribution in [0.1, 0.15) is 12.8 Å². The average Bonchev–Trinajstić information content (AvgIpc) is 3.17. The van der Waals surface area contributed by atoms with Crippen molar-refractivity contribution in [3.8, 4) is 0 Å². The van der Waals surface area contributed by atoms with Gasteiger partial charge in [0.05, 0.1) is 11.7 Å². The molecule has 26 heavy (non-hydrogen) atoms. The first kappa shape index (κ1) is 18.6. The second kappa shape index (κ2) is 7.69. The highest BCUT2D eigenvalue weighted by atomic mass is 32.2. The van der Waals surface area contributed by atoms with E-state index < -0.39 is 10.0 Å². The lowest BCUT2D eigenvalue weighted by Crippen LogP contribution is -2.60. The third-order valence-electron chi connectivity index (χ3n) is 5.24. The Balaban J connectivity index is 1.57. The van der Waals surface area contributed by atoms with Crippen LogP contribution < -0.4 is 4.72 Å². The predicted molar refractivity (Wildman–Crippen MR) is 104 cm³/mol. The van der Waals surface area contributed by atoms with Crippen LogP contribution in [0.5, 0.6) is 0 Å². The highest BCUT2D eigenvalue weighted by molar-refractivity contribution is 7.99. The molecule has 2 aliphatic heterocycles. The molecule has 0 saturated carbocycles. The van der Waals surface area contributed by atoms with Gasteiger partial charge in [-0.25, -0.2) is 13.1 Å². The van der Waals surface area contributed by atoms with Gasteiger partial charge >= 0.3 is 0 Å². The number of hydrogen-bond donors (Lipinski definition) is 1. The maximum absolute atomic E-state index is 13.0. The summed E-state index contributed by atoms with van der Waals surface area (Å²) >= 11 is 2.99. The SMILES string of the molecule is O=S(=O)(NCC1(N2CCSCC2)CCOCC1)c1cccc2nsnc12. The van der Waals surface area contributed by atoms with E-state index in [2.05, 4.69) is 18.4 Å². The van der Waals surface area contributed by atoms with Gasteiger partial charge in [0.1, 0.15) is 15.9 Å². The summed E-state index contributed by atoms with van der Waals surface area (Å²) < 4.78 is 42.7. The highest BCUT2D eigenvalue weighted by Gasteiger charge is 2.40. The minimum atomic E-state index is -3.65. The molecular weight excluding hydrogens is 392 g/mol. The summed E-state index contributed by atoms with van der Waals surface area (Å²) in [7, 11) is -3.65. The minimum absolute atomic E-state index is 0.166. The Kier molecular flexibility index (Phi) is 5.49. The summed E-state index contributed by atoms with van der Waals surface area (Å²) in [6.07, 6.45) is 1.70. The number of sulfonamides is 1. The first-order valence-corrected chi connectivity index (χ1v) is 12.1. The molecule has 2 aromatic rings. The summed E-state index contributed by atoms with van der Waals surface area (Å²) in [5.74, 6) is 2.19. The van der Waals surface area contributed by atoms with Crippen LogP contribution >= 0.6 is 23.5 Å². The van der Waals surface area contributed by atoms with Crippen molar-refractivity contribution in [1.82, 2.24) is 18.4 Å². The van der Waals surface area contributed by atoms with Gasteiger partial charge in [0.15, 0.2) is 0 Å². The first-order chi connectivity index (χ1) is 12.6. The average molecular weight is 415 g/mol. The van der Waals surface area contributed by atoms with Gasteiger partial charge in [-0.2, -0.15) is 20.5 Å². The van der Waals surface area contributed by atoms with Crippen molar-refractivity contribution in [3.63, 3.8) is 0 Å². The van der Waals surface area contributed by atoms with Gasteiger partial charge in [-0.1, -0.05) is 6.07 Å². The standard InChI is InChI=1S/C16H22N4O3S3/c21-26(22,14-3-1-2-13-15(14)19-25-18-13)17-12-16(4-8-23-9-5-16)20-6-10-24-11-7-20/h1-3,17H,4-12H2. The molecule has 0 spiro atoms. The van der Waals surface area contributed by atoms with Crippen LogP contribution in [0.25, 0.3) is 11.0 Å². The van der Waals surface area contributed by atoms with Gasteiger partial charge in [0, 0.05) is 49.9 Å². The second-order valence-corrected chi connectivity index (χ2v) is 10.1. The summed E-state index contributed by atoms with van der Waals surface area (Å²) in [6, 6.07) is 5.09. The number of hydrogen-bond acceptors (Lipinski definition) is 8. The molecule has 2 saturated heterocycles. The smallest absolute Gasteiger partial charge is 0.242 e. The third-order valence-corrected chi connectivity index (χ3v) is 8.15. The van der Waals surface area contributed by atoms with Crippen molar-refractivity contribution in [2.45, 2.75) is 23.3 Å². The van der Waals surface area contributed by atoms with Crippen LogP contribution in [0.4, 0.5) is 0 Å². The van der Waals surface area contributed by atoms with Crippen LogP contribution in [0.3, 0.4) is 0 Å². The van der Waals surface area contributed by atoms with Crippen LogP contribution in [0.2, 0.25) is 0 Å². The number of fused-ring (bicyclic) bond motifs is 1. The highest BCUT2D eigenvalue weighted by Crippen LogP contribution is 2.31. The van der Waals surface area contributed by atoms with Gasteiger partial charge < -0.3 is 4.74 Å². The van der Waals surface area contributed by atoms with E-state index >= 15 is 0 Å². The van der Waals surface area contributed by atoms with Crippen LogP contribution in [0.15, 0.2) is 23.1 Å². The van der Waals surface area contributed by atoms with Gasteiger partial charge in [-0.3, -0.25) is 4.90 Å². The number of ether oxygens (including phenoxy) is 1. The van der Waals surface area contributed by atoms with Crippen molar-refractivity contribution < 1.29 is 13.2 Å². The Morgan fingerprint density at radius 3 is 2.73 bits per heavy atom. The third kappa shape index (κ3) is 3.63. The van der Waals surface area contributed by atoms with Gasteiger partial charge in [-0.05, 0) is 25.0 Å². The fourth-order valence-electron chi connectivity index (χ4n) is 3.70. The molecular formula is C16H22N4O3S3. The quantitative estimate of drug-likeness (QED) is 0.795. The van der Waals surface area contributed by atoms with E-state index in [9.17, 15) is 8.42 Å². The van der Waals surface area contributed by atoms with Crippen LogP contribution in [0, 0.1) is 0 Å². The zero-order chi connectivity index (χ0) is 18.0. The zero-order valence-corrected chi connectivity index (χ0v) is 16.8. The zero-order valence-electron chi connectivity index (χ0n) is 14.4. The van der Waals surface area contributed by atoms with Gasteiger partial charge in [0.25, 0.3) is 0 Å². The van der Waals surface area contributed by atoms with Crippen LogP contribution in [-0.4, -0.2) is 72.0 Å². The lowest BCUT2D eigenvalue weighted by molar-refractivity contribution is -0.0218. The molecule has 7 nitrogen and oxygen atoms in total. The fraction of sp³-hybridized carbons (Fsp3) is 0.625. The summed E-state index contributed by atoms with van der Waals surface area (Å²) in [4.78, 5) is 2.67. The molecule has 2 fully saturated rings. The van der Waals surface area contributed by atoms with E-state index in [1.807, 2.05) is 11.8 Å². The Labute approximate surface area is 161 Å². The molecule has 0 amide bonds. The van der Waals surface area contributed by atoms with Crippen molar-refractivity contribution in [3.05, 3.63) is 18.2 Å².